The Morgan fingerprint density at radius 1 is 0.375 bits per heavy atom. The molecule has 0 saturated heterocycles. The van der Waals surface area contributed by atoms with Crippen LogP contribution in [0.25, 0.3) is 66.1 Å². The van der Waals surface area contributed by atoms with Crippen LogP contribution in [0.3, 0.4) is 0 Å². The molecule has 3 aliphatic rings. The van der Waals surface area contributed by atoms with Crippen molar-refractivity contribution in [3.8, 4) is 44.5 Å². The normalized spacial score (nSPS) is 14.5. The lowest BCUT2D eigenvalue weighted by Crippen LogP contribution is -2.15. The molecule has 0 heteroatoms. The Morgan fingerprint density at radius 2 is 1.00 bits per heavy atom. The molecule has 0 heterocycles. The van der Waals surface area contributed by atoms with Crippen molar-refractivity contribution in [3.63, 3.8) is 0 Å². The predicted molar refractivity (Wildman–Crippen MR) is 235 cm³/mol. The van der Waals surface area contributed by atoms with Gasteiger partial charge in [-0.2, -0.15) is 0 Å². The van der Waals surface area contributed by atoms with Gasteiger partial charge in [0.1, 0.15) is 0 Å². The monoisotopic (exact) mass is 712 g/mol. The first kappa shape index (κ1) is 31.8. The Labute approximate surface area is 328 Å². The van der Waals surface area contributed by atoms with Crippen molar-refractivity contribution in [2.75, 3.05) is 0 Å². The zero-order valence-electron chi connectivity index (χ0n) is 31.7. The summed E-state index contributed by atoms with van der Waals surface area (Å²) in [6.07, 6.45) is 1.92. The maximum absolute atomic E-state index is 2.54. The van der Waals surface area contributed by atoms with Crippen LogP contribution in [-0.4, -0.2) is 0 Å². The average molecular weight is 713 g/mol. The minimum atomic E-state index is -0.0663. The molecule has 264 valence electrons. The van der Waals surface area contributed by atoms with Gasteiger partial charge in [0.25, 0.3) is 0 Å². The van der Waals surface area contributed by atoms with Crippen LogP contribution >= 0.6 is 0 Å². The molecule has 12 rings (SSSR count). The fraction of sp³-hybridized carbons (Fsp3) is 0.107. The molecule has 0 aliphatic heterocycles. The quantitative estimate of drug-likeness (QED) is 0.159. The van der Waals surface area contributed by atoms with Gasteiger partial charge in [0.05, 0.1) is 0 Å². The van der Waals surface area contributed by atoms with E-state index in [1.54, 1.807) is 0 Å². The van der Waals surface area contributed by atoms with Crippen molar-refractivity contribution >= 4 is 21.5 Å². The van der Waals surface area contributed by atoms with Gasteiger partial charge in [-0.15, -0.1) is 0 Å². The molecular formula is C56H40. The van der Waals surface area contributed by atoms with E-state index in [0.717, 1.165) is 12.8 Å². The van der Waals surface area contributed by atoms with Gasteiger partial charge in [0.2, 0.25) is 0 Å². The van der Waals surface area contributed by atoms with Crippen LogP contribution in [0.1, 0.15) is 69.8 Å². The first-order chi connectivity index (χ1) is 27.5. The molecule has 1 unspecified atom stereocenters. The van der Waals surface area contributed by atoms with Gasteiger partial charge < -0.3 is 0 Å². The highest BCUT2D eigenvalue weighted by molar-refractivity contribution is 6.06. The van der Waals surface area contributed by atoms with Crippen LogP contribution < -0.4 is 0 Å². The Kier molecular flexibility index (Phi) is 6.68. The molecule has 0 bridgehead atoms. The largest absolute Gasteiger partial charge is 0.0619 e. The van der Waals surface area contributed by atoms with Gasteiger partial charge >= 0.3 is 0 Å². The predicted octanol–water partition coefficient (Wildman–Crippen LogP) is 14.3. The van der Waals surface area contributed by atoms with E-state index < -0.39 is 0 Å². The number of rotatable bonds is 4. The highest BCUT2D eigenvalue weighted by atomic mass is 14.4. The summed E-state index contributed by atoms with van der Waals surface area (Å²) < 4.78 is 0. The zero-order chi connectivity index (χ0) is 37.1. The Hall–Kier alpha value is -6.50. The van der Waals surface area contributed by atoms with Gasteiger partial charge in [-0.3, -0.25) is 0 Å². The number of benzene rings is 9. The van der Waals surface area contributed by atoms with Gasteiger partial charge in [0.15, 0.2) is 0 Å². The third-order valence-corrected chi connectivity index (χ3v) is 13.4. The van der Waals surface area contributed by atoms with Crippen molar-refractivity contribution in [1.82, 2.24) is 0 Å². The zero-order valence-corrected chi connectivity index (χ0v) is 31.7. The second kappa shape index (κ2) is 11.8. The standard InChI is InChI=1S/C56H40/c1-56(2)52-21-10-9-18-45(52)46-27-26-41(33-53(46)56)54(39-24-22-34-12-3-4-13-35(34)28-39)40-25-23-38-31-51-50(48(38)32-40)30-37-15-6-8-17-43(37)55(51)47-20-11-19-44-42-16-7-5-14-36(42)29-49(44)47/h3-28,30,32-33,54H,29,31H2,1-2H3. The maximum Gasteiger partial charge on any atom is 0.0340 e. The van der Waals surface area contributed by atoms with E-state index in [1.165, 1.54) is 116 Å². The number of fused-ring (bicyclic) bond motifs is 11. The second-order valence-corrected chi connectivity index (χ2v) is 16.8. The van der Waals surface area contributed by atoms with E-state index in [2.05, 4.69) is 190 Å². The second-order valence-electron chi connectivity index (χ2n) is 16.8. The fourth-order valence-electron chi connectivity index (χ4n) is 10.7. The Bertz CT molecular complexity index is 3120. The summed E-state index contributed by atoms with van der Waals surface area (Å²) in [4.78, 5) is 0. The first-order valence-corrected chi connectivity index (χ1v) is 20.1. The molecule has 0 amide bonds. The summed E-state index contributed by atoms with van der Waals surface area (Å²) in [5.41, 5.74) is 23.6. The van der Waals surface area contributed by atoms with Crippen molar-refractivity contribution in [2.45, 2.75) is 38.0 Å². The van der Waals surface area contributed by atoms with Crippen LogP contribution in [0, 0.1) is 0 Å². The van der Waals surface area contributed by atoms with Crippen molar-refractivity contribution < 1.29 is 0 Å². The minimum absolute atomic E-state index is 0.0663. The van der Waals surface area contributed by atoms with Gasteiger partial charge in [0, 0.05) is 11.3 Å². The maximum atomic E-state index is 2.54. The Balaban J connectivity index is 1.05. The first-order valence-electron chi connectivity index (χ1n) is 20.1. The van der Waals surface area contributed by atoms with E-state index in [0.29, 0.717) is 0 Å². The lowest BCUT2D eigenvalue weighted by Gasteiger charge is -2.25. The fourth-order valence-corrected chi connectivity index (χ4v) is 10.7. The average Bonchev–Trinajstić information content (AvgIpc) is 3.87. The van der Waals surface area contributed by atoms with Crippen LogP contribution in [-0.2, 0) is 18.3 Å². The van der Waals surface area contributed by atoms with Crippen molar-refractivity contribution in [1.29, 1.82) is 0 Å². The molecule has 1 atom stereocenters. The van der Waals surface area contributed by atoms with Gasteiger partial charge in [-0.05, 0) is 141 Å². The minimum Gasteiger partial charge on any atom is -0.0619 e. The molecule has 0 spiro atoms. The summed E-state index contributed by atoms with van der Waals surface area (Å²) in [7, 11) is 0. The lowest BCUT2D eigenvalue weighted by molar-refractivity contribution is 0.659. The molecule has 3 aliphatic carbocycles. The molecular weight excluding hydrogens is 673 g/mol. The highest BCUT2D eigenvalue weighted by Crippen LogP contribution is 2.52. The molecule has 56 heavy (non-hydrogen) atoms. The molecule has 9 aromatic carbocycles. The molecule has 0 nitrogen and oxygen atoms in total. The van der Waals surface area contributed by atoms with Gasteiger partial charge in [-0.25, -0.2) is 0 Å². The number of hydrogen-bond donors (Lipinski definition) is 0. The van der Waals surface area contributed by atoms with Crippen molar-refractivity contribution in [3.05, 3.63) is 226 Å². The highest BCUT2D eigenvalue weighted by Gasteiger charge is 2.36. The molecule has 0 fully saturated rings. The molecule has 0 N–H and O–H groups in total. The van der Waals surface area contributed by atoms with Gasteiger partial charge in [-0.1, -0.05) is 178 Å². The number of hydrogen-bond acceptors (Lipinski definition) is 0. The topological polar surface area (TPSA) is 0 Å². The molecule has 0 aromatic heterocycles. The smallest absolute Gasteiger partial charge is 0.0340 e. The van der Waals surface area contributed by atoms with E-state index in [4.69, 9.17) is 0 Å². The summed E-state index contributed by atoms with van der Waals surface area (Å²) in [6.45, 7) is 4.78. The third-order valence-electron chi connectivity index (χ3n) is 13.4. The summed E-state index contributed by atoms with van der Waals surface area (Å²) >= 11 is 0. The molecule has 9 aromatic rings. The van der Waals surface area contributed by atoms with Crippen LogP contribution in [0.5, 0.6) is 0 Å². The van der Waals surface area contributed by atoms with Crippen molar-refractivity contribution in [2.24, 2.45) is 0 Å². The summed E-state index contributed by atoms with van der Waals surface area (Å²) in [5, 5.41) is 5.21. The van der Waals surface area contributed by atoms with Crippen LogP contribution in [0.4, 0.5) is 0 Å². The van der Waals surface area contributed by atoms with E-state index >= 15 is 0 Å². The van der Waals surface area contributed by atoms with E-state index in [9.17, 15) is 0 Å². The van der Waals surface area contributed by atoms with E-state index in [-0.39, 0.29) is 11.3 Å². The molecule has 0 radical (unpaired) electrons. The molecule has 0 saturated carbocycles. The third kappa shape index (κ3) is 4.53. The summed E-state index contributed by atoms with van der Waals surface area (Å²) in [5.74, 6) is 0.0783. The van der Waals surface area contributed by atoms with Crippen LogP contribution in [0.2, 0.25) is 0 Å². The SMILES string of the molecule is CC1(C)c2ccccc2-c2ccc(C(c3ccc4c(c3)-c3cc5ccccc5c(-c5cccc6c5Cc5ccccc5-6)c3C4)c3ccc4ccccc4c3)cc21. The lowest BCUT2D eigenvalue weighted by atomic mass is 9.78. The Morgan fingerprint density at radius 3 is 1.91 bits per heavy atom. The summed E-state index contributed by atoms with van der Waals surface area (Å²) in [6, 6.07) is 67.0. The van der Waals surface area contributed by atoms with Crippen LogP contribution in [0.15, 0.2) is 176 Å². The van der Waals surface area contributed by atoms with E-state index in [1.807, 2.05) is 0 Å².